The van der Waals surface area contributed by atoms with Crippen LogP contribution in [0.4, 0.5) is 5.69 Å². The van der Waals surface area contributed by atoms with Crippen molar-refractivity contribution in [3.63, 3.8) is 0 Å². The van der Waals surface area contributed by atoms with Crippen molar-refractivity contribution in [1.29, 1.82) is 0 Å². The van der Waals surface area contributed by atoms with Gasteiger partial charge in [-0.05, 0) is 89.1 Å². The largest absolute Gasteiger partial charge is 0.350 e. The number of sulfonamides is 1. The molecule has 0 radical (unpaired) electrons. The number of benzene rings is 3. The van der Waals surface area contributed by atoms with Gasteiger partial charge >= 0.3 is 0 Å². The monoisotopic (exact) mass is 647 g/mol. The number of carbonyl (C=O) groups is 2. The van der Waals surface area contributed by atoms with Gasteiger partial charge in [0.2, 0.25) is 11.8 Å². The molecule has 0 spiro atoms. The Kier molecular flexibility index (Phi) is 10.1. The Hall–Kier alpha value is -2.88. The van der Waals surface area contributed by atoms with Crippen LogP contribution in [0, 0.1) is 13.8 Å². The van der Waals surface area contributed by atoms with Crippen LogP contribution in [0.3, 0.4) is 0 Å². The SMILES string of the molecule is Cc1ccc(S(=O)(=O)N(CC(=O)N(Cc2cccc(Br)c2)[C@H](C)C(=O)NC(C)(C)C)c2cccc(Cl)c2C)cc1. The van der Waals surface area contributed by atoms with Crippen molar-refractivity contribution < 1.29 is 18.0 Å². The summed E-state index contributed by atoms with van der Waals surface area (Å²) in [7, 11) is -4.17. The second kappa shape index (κ2) is 12.7. The van der Waals surface area contributed by atoms with E-state index in [4.69, 9.17) is 11.6 Å². The maximum atomic E-state index is 14.1. The molecule has 0 saturated heterocycles. The van der Waals surface area contributed by atoms with Gasteiger partial charge in [0.1, 0.15) is 12.6 Å². The zero-order valence-electron chi connectivity index (χ0n) is 23.5. The van der Waals surface area contributed by atoms with E-state index >= 15 is 0 Å². The predicted octanol–water partition coefficient (Wildman–Crippen LogP) is 6.25. The van der Waals surface area contributed by atoms with Crippen molar-refractivity contribution in [3.05, 3.63) is 92.9 Å². The van der Waals surface area contributed by atoms with Crippen LogP contribution in [0.5, 0.6) is 0 Å². The first-order valence-electron chi connectivity index (χ1n) is 12.8. The summed E-state index contributed by atoms with van der Waals surface area (Å²) in [5, 5.41) is 3.30. The third kappa shape index (κ3) is 7.86. The number of anilines is 1. The second-order valence-electron chi connectivity index (χ2n) is 10.8. The van der Waals surface area contributed by atoms with Crippen LogP contribution in [0.1, 0.15) is 44.4 Å². The number of hydrogen-bond acceptors (Lipinski definition) is 4. The van der Waals surface area contributed by atoms with E-state index in [1.807, 2.05) is 52.0 Å². The van der Waals surface area contributed by atoms with E-state index in [9.17, 15) is 18.0 Å². The molecular formula is C30H35BrClN3O4S. The highest BCUT2D eigenvalue weighted by Crippen LogP contribution is 2.31. The van der Waals surface area contributed by atoms with Crippen molar-refractivity contribution in [2.45, 2.75) is 64.6 Å². The lowest BCUT2D eigenvalue weighted by Crippen LogP contribution is -2.54. The van der Waals surface area contributed by atoms with Gasteiger partial charge in [-0.15, -0.1) is 0 Å². The van der Waals surface area contributed by atoms with E-state index in [-0.39, 0.29) is 23.0 Å². The minimum Gasteiger partial charge on any atom is -0.350 e. The van der Waals surface area contributed by atoms with Gasteiger partial charge in [0, 0.05) is 21.6 Å². The smallest absolute Gasteiger partial charge is 0.264 e. The minimum absolute atomic E-state index is 0.0438. The molecule has 3 aromatic rings. The second-order valence-corrected chi connectivity index (χ2v) is 14.0. The fourth-order valence-electron chi connectivity index (χ4n) is 4.11. The molecule has 2 amide bonds. The molecule has 10 heteroatoms. The van der Waals surface area contributed by atoms with Crippen LogP contribution in [-0.4, -0.2) is 43.3 Å². The summed E-state index contributed by atoms with van der Waals surface area (Å²) >= 11 is 9.83. The maximum Gasteiger partial charge on any atom is 0.264 e. The number of halogens is 2. The molecule has 0 aliphatic rings. The van der Waals surface area contributed by atoms with E-state index in [0.717, 1.165) is 19.9 Å². The lowest BCUT2D eigenvalue weighted by Gasteiger charge is -2.34. The van der Waals surface area contributed by atoms with Crippen LogP contribution in [0.25, 0.3) is 0 Å². The van der Waals surface area contributed by atoms with Crippen LogP contribution in [-0.2, 0) is 26.2 Å². The Balaban J connectivity index is 2.08. The summed E-state index contributed by atoms with van der Waals surface area (Å²) < 4.78 is 29.9. The number of nitrogens with one attached hydrogen (secondary N) is 1. The number of nitrogens with zero attached hydrogens (tertiary/aromatic N) is 2. The average molecular weight is 649 g/mol. The third-order valence-electron chi connectivity index (χ3n) is 6.30. The number of carbonyl (C=O) groups excluding carboxylic acids is 2. The number of hydrogen-bond donors (Lipinski definition) is 1. The van der Waals surface area contributed by atoms with Gasteiger partial charge in [0.05, 0.1) is 10.6 Å². The van der Waals surface area contributed by atoms with E-state index in [2.05, 4.69) is 21.2 Å². The molecule has 7 nitrogen and oxygen atoms in total. The van der Waals surface area contributed by atoms with E-state index < -0.39 is 34.1 Å². The molecule has 3 aromatic carbocycles. The fourth-order valence-corrected chi connectivity index (χ4v) is 6.19. The zero-order chi connectivity index (χ0) is 29.8. The Morgan fingerprint density at radius 3 is 2.23 bits per heavy atom. The van der Waals surface area contributed by atoms with Gasteiger partial charge in [-0.25, -0.2) is 8.42 Å². The summed E-state index contributed by atoms with van der Waals surface area (Å²) in [6.07, 6.45) is 0. The van der Waals surface area contributed by atoms with Crippen molar-refractivity contribution in [2.75, 3.05) is 10.8 Å². The van der Waals surface area contributed by atoms with Crippen LogP contribution in [0.2, 0.25) is 5.02 Å². The third-order valence-corrected chi connectivity index (χ3v) is 8.98. The normalized spacial score (nSPS) is 12.5. The average Bonchev–Trinajstić information content (AvgIpc) is 2.86. The minimum atomic E-state index is -4.17. The van der Waals surface area contributed by atoms with Crippen molar-refractivity contribution in [2.24, 2.45) is 0 Å². The van der Waals surface area contributed by atoms with Crippen molar-refractivity contribution in [1.82, 2.24) is 10.2 Å². The Bertz CT molecular complexity index is 1490. The zero-order valence-corrected chi connectivity index (χ0v) is 26.7. The van der Waals surface area contributed by atoms with E-state index in [1.54, 1.807) is 44.2 Å². The standard InChI is InChI=1S/C30H35BrClN3O4S/c1-20-13-15-25(16-14-20)40(38,39)35(27-12-8-11-26(32)21(27)2)19-28(36)34(18-23-9-7-10-24(31)17-23)22(3)29(37)33-30(4,5)6/h7-17,22H,18-19H2,1-6H3,(H,33,37)/t22-/m1/s1. The highest BCUT2D eigenvalue weighted by atomic mass is 79.9. The number of amides is 2. The molecule has 0 bridgehead atoms. The molecule has 0 aliphatic heterocycles. The summed E-state index contributed by atoms with van der Waals surface area (Å²) in [4.78, 5) is 28.7. The Morgan fingerprint density at radius 2 is 1.62 bits per heavy atom. The Labute approximate surface area is 250 Å². The highest BCUT2D eigenvalue weighted by molar-refractivity contribution is 9.10. The molecule has 0 heterocycles. The maximum absolute atomic E-state index is 14.1. The molecule has 3 rings (SSSR count). The van der Waals surface area contributed by atoms with Gasteiger partial charge < -0.3 is 10.2 Å². The lowest BCUT2D eigenvalue weighted by molar-refractivity contribution is -0.140. The van der Waals surface area contributed by atoms with Crippen molar-refractivity contribution in [3.8, 4) is 0 Å². The molecule has 0 fully saturated rings. The van der Waals surface area contributed by atoms with E-state index in [0.29, 0.717) is 10.6 Å². The number of rotatable bonds is 9. The first-order valence-corrected chi connectivity index (χ1v) is 15.4. The molecule has 0 aromatic heterocycles. The molecule has 1 atom stereocenters. The van der Waals surface area contributed by atoms with Gasteiger partial charge in [-0.1, -0.05) is 63.4 Å². The van der Waals surface area contributed by atoms with E-state index in [1.165, 1.54) is 17.0 Å². The number of aryl methyl sites for hydroxylation is 1. The highest BCUT2D eigenvalue weighted by Gasteiger charge is 2.34. The summed E-state index contributed by atoms with van der Waals surface area (Å²) in [6.45, 7) is 10.4. The summed E-state index contributed by atoms with van der Waals surface area (Å²) in [5.41, 5.74) is 1.97. The van der Waals surface area contributed by atoms with Gasteiger partial charge in [0.15, 0.2) is 0 Å². The first-order chi connectivity index (χ1) is 18.6. The lowest BCUT2D eigenvalue weighted by atomic mass is 10.1. The molecule has 214 valence electrons. The van der Waals surface area contributed by atoms with Crippen LogP contribution < -0.4 is 9.62 Å². The van der Waals surface area contributed by atoms with Gasteiger partial charge in [0.25, 0.3) is 10.0 Å². The fraction of sp³-hybridized carbons (Fsp3) is 0.333. The van der Waals surface area contributed by atoms with Crippen molar-refractivity contribution >= 4 is 55.1 Å². The molecule has 40 heavy (non-hydrogen) atoms. The van der Waals surface area contributed by atoms with Gasteiger partial charge in [-0.2, -0.15) is 0 Å². The van der Waals surface area contributed by atoms with Gasteiger partial charge in [-0.3, -0.25) is 13.9 Å². The molecule has 0 saturated carbocycles. The summed E-state index contributed by atoms with van der Waals surface area (Å²) in [5.74, 6) is -0.880. The van der Waals surface area contributed by atoms with Crippen LogP contribution in [0.15, 0.2) is 76.1 Å². The quantitative estimate of drug-likeness (QED) is 0.297. The molecule has 0 aliphatic carbocycles. The van der Waals surface area contributed by atoms with Crippen LogP contribution >= 0.6 is 27.5 Å². The predicted molar refractivity (Wildman–Crippen MR) is 164 cm³/mol. The first kappa shape index (κ1) is 31.6. The molecular weight excluding hydrogens is 614 g/mol. The Morgan fingerprint density at radius 1 is 1.00 bits per heavy atom. The molecule has 0 unspecified atom stereocenters. The summed E-state index contributed by atoms with van der Waals surface area (Å²) in [6, 6.07) is 17.9. The topological polar surface area (TPSA) is 86.8 Å². The molecule has 1 N–H and O–H groups in total.